The Morgan fingerprint density at radius 2 is 2.05 bits per heavy atom. The van der Waals surface area contributed by atoms with Crippen LogP contribution in [0.25, 0.3) is 0 Å². The highest BCUT2D eigenvalue weighted by Gasteiger charge is 2.54. The molecule has 0 bridgehead atoms. The van der Waals surface area contributed by atoms with Gasteiger partial charge in [0.1, 0.15) is 5.76 Å². The molecule has 1 amide bonds. The van der Waals surface area contributed by atoms with Crippen LogP contribution in [0.15, 0.2) is 36.1 Å². The second-order valence-electron chi connectivity index (χ2n) is 6.10. The minimum Gasteiger partial charge on any atom is -0.498 e. The molecule has 1 aromatic rings. The van der Waals surface area contributed by atoms with Crippen molar-refractivity contribution in [2.24, 2.45) is 5.41 Å². The van der Waals surface area contributed by atoms with Crippen molar-refractivity contribution < 1.29 is 9.53 Å². The van der Waals surface area contributed by atoms with Gasteiger partial charge in [0, 0.05) is 23.9 Å². The van der Waals surface area contributed by atoms with Crippen LogP contribution >= 0.6 is 0 Å². The van der Waals surface area contributed by atoms with Gasteiger partial charge in [0.25, 0.3) is 0 Å². The number of amides is 1. The smallest absolute Gasteiger partial charge is 0.224 e. The maximum absolute atomic E-state index is 12.2. The Morgan fingerprint density at radius 3 is 2.70 bits per heavy atom. The van der Waals surface area contributed by atoms with E-state index in [1.54, 1.807) is 6.92 Å². The van der Waals surface area contributed by atoms with Gasteiger partial charge in [0.05, 0.1) is 12.6 Å². The minimum atomic E-state index is -0.161. The minimum absolute atomic E-state index is 0.101. The lowest BCUT2D eigenvalue weighted by Crippen LogP contribution is -2.45. The number of carbonyl (C=O) groups is 1. The normalized spacial score (nSPS) is 26.0. The van der Waals surface area contributed by atoms with Gasteiger partial charge in [0.15, 0.2) is 0 Å². The quantitative estimate of drug-likeness (QED) is 0.824. The van der Waals surface area contributed by atoms with Gasteiger partial charge in [0.2, 0.25) is 5.91 Å². The summed E-state index contributed by atoms with van der Waals surface area (Å²) >= 11 is 0. The van der Waals surface area contributed by atoms with Crippen LogP contribution in [-0.2, 0) is 9.53 Å². The molecule has 0 aromatic heterocycles. The van der Waals surface area contributed by atoms with Crippen LogP contribution in [0, 0.1) is 5.41 Å². The summed E-state index contributed by atoms with van der Waals surface area (Å²) in [5.74, 6) is 1.35. The molecule has 0 spiro atoms. The molecular weight excluding hydrogens is 250 g/mol. The lowest BCUT2D eigenvalue weighted by atomic mass is 9.82. The van der Waals surface area contributed by atoms with Gasteiger partial charge in [-0.25, -0.2) is 0 Å². The van der Waals surface area contributed by atoms with E-state index in [1.165, 1.54) is 5.56 Å². The second kappa shape index (κ2) is 4.37. The Labute approximate surface area is 120 Å². The van der Waals surface area contributed by atoms with E-state index in [9.17, 15) is 4.79 Å². The largest absolute Gasteiger partial charge is 0.498 e. The van der Waals surface area contributed by atoms with Gasteiger partial charge >= 0.3 is 0 Å². The summed E-state index contributed by atoms with van der Waals surface area (Å²) in [6.45, 7) is 8.65. The van der Waals surface area contributed by atoms with Crippen molar-refractivity contribution >= 4 is 11.6 Å². The van der Waals surface area contributed by atoms with E-state index in [2.05, 4.69) is 26.0 Å². The van der Waals surface area contributed by atoms with Crippen LogP contribution in [0.4, 0.5) is 5.69 Å². The third-order valence-corrected chi connectivity index (χ3v) is 4.52. The van der Waals surface area contributed by atoms with Crippen molar-refractivity contribution in [3.05, 3.63) is 41.7 Å². The third-order valence-electron chi connectivity index (χ3n) is 4.52. The van der Waals surface area contributed by atoms with E-state index in [4.69, 9.17) is 4.74 Å². The lowest BCUT2D eigenvalue weighted by molar-refractivity contribution is -0.117. The molecule has 3 nitrogen and oxygen atoms in total. The molecule has 0 radical (unpaired) electrons. The number of fused-ring (bicyclic) bond motifs is 3. The fraction of sp³-hybridized carbons (Fsp3) is 0.471. The van der Waals surface area contributed by atoms with Crippen LogP contribution in [0.2, 0.25) is 0 Å². The fourth-order valence-corrected chi connectivity index (χ4v) is 3.70. The zero-order chi connectivity index (χ0) is 14.5. The molecule has 1 aromatic carbocycles. The number of carbonyl (C=O) groups excluding carboxylic acids is 1. The van der Waals surface area contributed by atoms with E-state index in [0.717, 1.165) is 11.4 Å². The van der Waals surface area contributed by atoms with Crippen molar-refractivity contribution in [1.29, 1.82) is 0 Å². The maximum atomic E-state index is 12.2. The third kappa shape index (κ3) is 1.62. The molecule has 0 N–H and O–H groups in total. The molecule has 1 aliphatic heterocycles. The molecule has 3 rings (SSSR count). The van der Waals surface area contributed by atoms with Crippen molar-refractivity contribution in [2.45, 2.75) is 39.7 Å². The summed E-state index contributed by atoms with van der Waals surface area (Å²) in [6, 6.07) is 8.32. The lowest BCUT2D eigenvalue weighted by Gasteiger charge is -2.36. The molecule has 2 atom stereocenters. The number of anilines is 1. The Hall–Kier alpha value is -1.77. The van der Waals surface area contributed by atoms with Crippen LogP contribution in [0.3, 0.4) is 0 Å². The van der Waals surface area contributed by atoms with E-state index < -0.39 is 0 Å². The molecule has 3 heteroatoms. The number of nitrogens with zero attached hydrogens (tertiary/aromatic N) is 1. The summed E-state index contributed by atoms with van der Waals surface area (Å²) < 4.78 is 5.82. The van der Waals surface area contributed by atoms with E-state index in [0.29, 0.717) is 6.61 Å². The number of hydrogen-bond acceptors (Lipinski definition) is 2. The predicted molar refractivity (Wildman–Crippen MR) is 79.6 cm³/mol. The molecule has 0 fully saturated rings. The molecule has 1 heterocycles. The van der Waals surface area contributed by atoms with Gasteiger partial charge in [-0.05, 0) is 24.6 Å². The van der Waals surface area contributed by atoms with Crippen LogP contribution in [0.5, 0.6) is 0 Å². The Balaban J connectivity index is 2.14. The highest BCUT2D eigenvalue weighted by atomic mass is 16.5. The summed E-state index contributed by atoms with van der Waals surface area (Å²) in [5.41, 5.74) is 2.12. The molecule has 0 saturated carbocycles. The highest BCUT2D eigenvalue weighted by molar-refractivity contribution is 5.96. The fourth-order valence-electron chi connectivity index (χ4n) is 3.70. The number of rotatable bonds is 2. The van der Waals surface area contributed by atoms with Crippen LogP contribution < -0.4 is 4.90 Å². The Morgan fingerprint density at radius 1 is 1.35 bits per heavy atom. The van der Waals surface area contributed by atoms with E-state index in [1.807, 2.05) is 30.0 Å². The zero-order valence-corrected chi connectivity index (χ0v) is 12.5. The number of hydrogen-bond donors (Lipinski definition) is 0. The average molecular weight is 271 g/mol. The standard InChI is InChI=1S/C17H21NO2/c1-5-20-15-10-13-12-8-6-7-9-14(12)18(11(2)19)16(13)17(15,3)4/h6-10,13,16H,5H2,1-4H3/t13-,16+/m1/s1. The summed E-state index contributed by atoms with van der Waals surface area (Å²) in [6.07, 6.45) is 2.20. The molecule has 1 aliphatic carbocycles. The molecule has 0 unspecified atom stereocenters. The van der Waals surface area contributed by atoms with Crippen molar-refractivity contribution in [3.8, 4) is 0 Å². The van der Waals surface area contributed by atoms with Gasteiger partial charge < -0.3 is 9.64 Å². The molecule has 0 saturated heterocycles. The van der Waals surface area contributed by atoms with E-state index >= 15 is 0 Å². The monoisotopic (exact) mass is 271 g/mol. The van der Waals surface area contributed by atoms with Crippen molar-refractivity contribution in [3.63, 3.8) is 0 Å². The highest BCUT2D eigenvalue weighted by Crippen LogP contribution is 2.55. The first kappa shape index (κ1) is 13.2. The van der Waals surface area contributed by atoms with Gasteiger partial charge in [-0.3, -0.25) is 4.79 Å². The van der Waals surface area contributed by atoms with Crippen LogP contribution in [0.1, 0.15) is 39.2 Å². The topological polar surface area (TPSA) is 29.5 Å². The summed E-state index contributed by atoms with van der Waals surface area (Å²) in [7, 11) is 0. The molecule has 106 valence electrons. The zero-order valence-electron chi connectivity index (χ0n) is 12.5. The summed E-state index contributed by atoms with van der Waals surface area (Å²) in [4.78, 5) is 14.1. The Bertz CT molecular complexity index is 588. The first-order chi connectivity index (χ1) is 9.48. The maximum Gasteiger partial charge on any atom is 0.224 e. The first-order valence-electron chi connectivity index (χ1n) is 7.22. The van der Waals surface area contributed by atoms with Gasteiger partial charge in [-0.1, -0.05) is 32.0 Å². The Kier molecular flexibility index (Phi) is 2.89. The van der Waals surface area contributed by atoms with Crippen molar-refractivity contribution in [2.75, 3.05) is 11.5 Å². The van der Waals surface area contributed by atoms with Gasteiger partial charge in [-0.15, -0.1) is 0 Å². The SMILES string of the molecule is CCOC1=C[C@@H]2c3ccccc3N(C(C)=O)[C@@H]2C1(C)C. The van der Waals surface area contributed by atoms with Crippen molar-refractivity contribution in [1.82, 2.24) is 0 Å². The number of para-hydroxylation sites is 1. The van der Waals surface area contributed by atoms with E-state index in [-0.39, 0.29) is 23.3 Å². The van der Waals surface area contributed by atoms with Crippen LogP contribution in [-0.4, -0.2) is 18.6 Å². The number of benzene rings is 1. The molecular formula is C17H21NO2. The predicted octanol–water partition coefficient (Wildman–Crippen LogP) is 3.47. The second-order valence-corrected chi connectivity index (χ2v) is 6.10. The molecule has 2 aliphatic rings. The number of ether oxygens (including phenoxy) is 1. The molecule has 20 heavy (non-hydrogen) atoms. The van der Waals surface area contributed by atoms with Gasteiger partial charge in [-0.2, -0.15) is 0 Å². The summed E-state index contributed by atoms with van der Waals surface area (Å²) in [5, 5.41) is 0. The average Bonchev–Trinajstić information content (AvgIpc) is 2.85. The first-order valence-corrected chi connectivity index (χ1v) is 7.22.